The number of aromatic nitrogens is 3. The number of Topliss-reactive ketones (excluding diaryl/α,β-unsaturated/α-hetero) is 1. The van der Waals surface area contributed by atoms with Crippen molar-refractivity contribution >= 4 is 29.0 Å². The molecule has 8 heteroatoms. The molecule has 0 atom stereocenters. The third-order valence-corrected chi connectivity index (χ3v) is 4.46. The van der Waals surface area contributed by atoms with Crippen molar-refractivity contribution in [2.24, 2.45) is 0 Å². The lowest BCUT2D eigenvalue weighted by atomic mass is 10.1. The second-order valence-corrected chi connectivity index (χ2v) is 6.36. The summed E-state index contributed by atoms with van der Waals surface area (Å²) in [6, 6.07) is 9.10. The van der Waals surface area contributed by atoms with E-state index in [-0.39, 0.29) is 23.6 Å². The van der Waals surface area contributed by atoms with E-state index in [9.17, 15) is 9.18 Å². The van der Waals surface area contributed by atoms with Gasteiger partial charge in [0.1, 0.15) is 12.4 Å². The van der Waals surface area contributed by atoms with E-state index in [1.54, 1.807) is 25.1 Å². The van der Waals surface area contributed by atoms with Gasteiger partial charge in [0.05, 0.1) is 17.2 Å². The van der Waals surface area contributed by atoms with Crippen LogP contribution < -0.4 is 4.74 Å². The van der Waals surface area contributed by atoms with E-state index in [1.807, 2.05) is 0 Å². The predicted octanol–water partition coefficient (Wildman–Crippen LogP) is 4.59. The topological polar surface area (TPSA) is 57.0 Å². The van der Waals surface area contributed by atoms with Crippen molar-refractivity contribution in [3.8, 4) is 17.1 Å². The fraction of sp³-hybridized carbons (Fsp3) is 0.167. The first kappa shape index (κ1) is 18.4. The van der Waals surface area contributed by atoms with Crippen molar-refractivity contribution in [3.63, 3.8) is 0 Å². The lowest BCUT2D eigenvalue weighted by Crippen LogP contribution is -2.13. The van der Waals surface area contributed by atoms with E-state index in [2.05, 4.69) is 10.1 Å². The molecule has 3 aromatic rings. The molecule has 0 spiro atoms. The highest BCUT2D eigenvalue weighted by atomic mass is 35.5. The molecule has 1 aromatic heterocycles. The smallest absolute Gasteiger partial charge is 0.184 e. The fourth-order valence-corrected chi connectivity index (χ4v) is 2.78. The van der Waals surface area contributed by atoms with Crippen LogP contribution in [0, 0.1) is 12.7 Å². The molecule has 0 aliphatic heterocycles. The molecule has 0 radical (unpaired) electrons. The van der Waals surface area contributed by atoms with E-state index < -0.39 is 5.82 Å². The quantitative estimate of drug-likeness (QED) is 0.594. The van der Waals surface area contributed by atoms with Crippen molar-refractivity contribution < 1.29 is 13.9 Å². The predicted molar refractivity (Wildman–Crippen MR) is 97.5 cm³/mol. The summed E-state index contributed by atoms with van der Waals surface area (Å²) >= 11 is 12.0. The van der Waals surface area contributed by atoms with Crippen LogP contribution >= 0.6 is 23.2 Å². The summed E-state index contributed by atoms with van der Waals surface area (Å²) in [5.41, 5.74) is 0.894. The molecule has 2 aromatic carbocycles. The molecule has 26 heavy (non-hydrogen) atoms. The van der Waals surface area contributed by atoms with E-state index in [0.717, 1.165) is 6.07 Å². The Hall–Kier alpha value is -2.44. The summed E-state index contributed by atoms with van der Waals surface area (Å²) in [6.07, 6.45) is 0. The summed E-state index contributed by atoms with van der Waals surface area (Å²) in [5, 5.41) is 5.05. The molecule has 1 heterocycles. The van der Waals surface area contributed by atoms with Crippen LogP contribution in [0.2, 0.25) is 10.0 Å². The molecule has 0 fully saturated rings. The molecular formula is C18H14Cl2FN3O2. The normalized spacial score (nSPS) is 10.8. The number of aryl methyl sites for hydroxylation is 1. The van der Waals surface area contributed by atoms with Gasteiger partial charge in [-0.3, -0.25) is 4.79 Å². The lowest BCUT2D eigenvalue weighted by Gasteiger charge is -2.08. The van der Waals surface area contributed by atoms with E-state index in [4.69, 9.17) is 27.9 Å². The number of hydrogen-bond acceptors (Lipinski definition) is 4. The highest BCUT2D eigenvalue weighted by Gasteiger charge is 2.16. The number of methoxy groups -OCH3 is 1. The van der Waals surface area contributed by atoms with Crippen LogP contribution in [0.15, 0.2) is 36.4 Å². The van der Waals surface area contributed by atoms with Crippen molar-refractivity contribution in [1.29, 1.82) is 0 Å². The fourth-order valence-electron chi connectivity index (χ4n) is 2.48. The van der Waals surface area contributed by atoms with Gasteiger partial charge in [0, 0.05) is 11.1 Å². The zero-order valence-corrected chi connectivity index (χ0v) is 15.5. The van der Waals surface area contributed by atoms with Gasteiger partial charge in [-0.1, -0.05) is 23.2 Å². The molecular weight excluding hydrogens is 380 g/mol. The maximum atomic E-state index is 13.8. The number of benzene rings is 2. The summed E-state index contributed by atoms with van der Waals surface area (Å²) in [7, 11) is 1.36. The number of ketones is 1. The van der Waals surface area contributed by atoms with Gasteiger partial charge in [-0.05, 0) is 43.3 Å². The Balaban J connectivity index is 1.92. The van der Waals surface area contributed by atoms with E-state index in [1.165, 1.54) is 23.9 Å². The third-order valence-electron chi connectivity index (χ3n) is 3.72. The van der Waals surface area contributed by atoms with Crippen LogP contribution in [-0.4, -0.2) is 27.7 Å². The highest BCUT2D eigenvalue weighted by molar-refractivity contribution is 6.42. The van der Waals surface area contributed by atoms with Crippen molar-refractivity contribution in [2.75, 3.05) is 7.11 Å². The van der Waals surface area contributed by atoms with Gasteiger partial charge in [0.15, 0.2) is 23.2 Å². The van der Waals surface area contributed by atoms with Gasteiger partial charge in [0.25, 0.3) is 0 Å². The number of ether oxygens (including phenoxy) is 1. The first-order valence-electron chi connectivity index (χ1n) is 7.62. The molecule has 0 bridgehead atoms. The molecule has 0 aliphatic carbocycles. The lowest BCUT2D eigenvalue weighted by molar-refractivity contribution is 0.0967. The minimum atomic E-state index is -0.599. The van der Waals surface area contributed by atoms with Gasteiger partial charge < -0.3 is 4.74 Å². The van der Waals surface area contributed by atoms with Gasteiger partial charge in [-0.25, -0.2) is 14.1 Å². The average Bonchev–Trinajstić information content (AvgIpc) is 2.97. The number of rotatable bonds is 5. The first-order chi connectivity index (χ1) is 12.4. The Kier molecular flexibility index (Phi) is 5.25. The standard InChI is InChI=1S/C18H14Cl2FN3O2/c1-10-22-18(12-3-5-13(19)14(20)7-12)24(23-10)9-16(25)11-4-6-17(26-2)15(21)8-11/h3-8H,9H2,1-2H3. The maximum absolute atomic E-state index is 13.8. The Labute approximate surface area is 159 Å². The molecule has 0 N–H and O–H groups in total. The molecule has 0 saturated carbocycles. The summed E-state index contributed by atoms with van der Waals surface area (Å²) in [5.74, 6) is 0.147. The van der Waals surface area contributed by atoms with Crippen molar-refractivity contribution in [3.05, 3.63) is 63.6 Å². The monoisotopic (exact) mass is 393 g/mol. The SMILES string of the molecule is COc1ccc(C(=O)Cn2nc(C)nc2-c2ccc(Cl)c(Cl)c2)cc1F. The Bertz CT molecular complexity index is 989. The van der Waals surface area contributed by atoms with Gasteiger partial charge in [-0.15, -0.1) is 0 Å². The van der Waals surface area contributed by atoms with E-state index >= 15 is 0 Å². The summed E-state index contributed by atoms with van der Waals surface area (Å²) < 4.78 is 20.2. The van der Waals surface area contributed by atoms with Crippen LogP contribution in [0.4, 0.5) is 4.39 Å². The Morgan fingerprint density at radius 2 is 1.96 bits per heavy atom. The summed E-state index contributed by atoms with van der Waals surface area (Å²) in [4.78, 5) is 16.9. The second kappa shape index (κ2) is 7.43. The Morgan fingerprint density at radius 1 is 1.19 bits per heavy atom. The molecule has 0 saturated heterocycles. The highest BCUT2D eigenvalue weighted by Crippen LogP contribution is 2.28. The zero-order valence-electron chi connectivity index (χ0n) is 14.0. The average molecular weight is 394 g/mol. The zero-order chi connectivity index (χ0) is 18.8. The molecule has 0 aliphatic rings. The molecule has 0 unspecified atom stereocenters. The van der Waals surface area contributed by atoms with Crippen LogP contribution in [0.3, 0.4) is 0 Å². The van der Waals surface area contributed by atoms with Gasteiger partial charge in [0.2, 0.25) is 0 Å². The van der Waals surface area contributed by atoms with Crippen molar-refractivity contribution in [2.45, 2.75) is 13.5 Å². The molecule has 3 rings (SSSR count). The van der Waals surface area contributed by atoms with Crippen LogP contribution in [0.25, 0.3) is 11.4 Å². The second-order valence-electron chi connectivity index (χ2n) is 5.54. The number of carbonyl (C=O) groups is 1. The maximum Gasteiger partial charge on any atom is 0.184 e. The van der Waals surface area contributed by atoms with E-state index in [0.29, 0.717) is 27.3 Å². The first-order valence-corrected chi connectivity index (χ1v) is 8.38. The van der Waals surface area contributed by atoms with Gasteiger partial charge in [-0.2, -0.15) is 5.10 Å². The van der Waals surface area contributed by atoms with Crippen LogP contribution in [0.5, 0.6) is 5.75 Å². The number of nitrogens with zero attached hydrogens (tertiary/aromatic N) is 3. The molecule has 0 amide bonds. The summed E-state index contributed by atoms with van der Waals surface area (Å²) in [6.45, 7) is 1.62. The third kappa shape index (κ3) is 3.71. The largest absolute Gasteiger partial charge is 0.494 e. The minimum absolute atomic E-state index is 0.0784. The molecule has 5 nitrogen and oxygen atoms in total. The minimum Gasteiger partial charge on any atom is -0.494 e. The van der Waals surface area contributed by atoms with Gasteiger partial charge >= 0.3 is 0 Å². The van der Waals surface area contributed by atoms with Crippen LogP contribution in [-0.2, 0) is 6.54 Å². The number of halogens is 3. The Morgan fingerprint density at radius 3 is 2.62 bits per heavy atom. The van der Waals surface area contributed by atoms with Crippen molar-refractivity contribution in [1.82, 2.24) is 14.8 Å². The number of carbonyl (C=O) groups excluding carboxylic acids is 1. The molecule has 134 valence electrons. The van der Waals surface area contributed by atoms with Crippen LogP contribution in [0.1, 0.15) is 16.2 Å². The number of hydrogen-bond donors (Lipinski definition) is 0.